The molecule has 1 heterocycles. The number of halogens is 1. The maximum atomic E-state index is 13.4. The molecule has 0 aliphatic rings. The van der Waals surface area contributed by atoms with Gasteiger partial charge >= 0.3 is 0 Å². The van der Waals surface area contributed by atoms with Gasteiger partial charge in [0.15, 0.2) is 11.6 Å². The lowest BCUT2D eigenvalue weighted by Gasteiger charge is -2.10. The Morgan fingerprint density at radius 3 is 2.81 bits per heavy atom. The van der Waals surface area contributed by atoms with E-state index in [9.17, 15) is 9.50 Å². The predicted octanol–water partition coefficient (Wildman–Crippen LogP) is 1.64. The minimum Gasteiger partial charge on any atom is -0.494 e. The molecule has 1 aromatic carbocycles. The van der Waals surface area contributed by atoms with Gasteiger partial charge in [0, 0.05) is 6.20 Å². The van der Waals surface area contributed by atoms with Crippen molar-refractivity contribution in [2.75, 3.05) is 7.11 Å². The molecule has 1 unspecified atom stereocenters. The third-order valence-electron chi connectivity index (χ3n) is 2.31. The average Bonchev–Trinajstić information content (AvgIpc) is 2.81. The van der Waals surface area contributed by atoms with Crippen molar-refractivity contribution >= 4 is 0 Å². The van der Waals surface area contributed by atoms with Crippen LogP contribution in [-0.4, -0.2) is 22.4 Å². The summed E-state index contributed by atoms with van der Waals surface area (Å²) in [5.41, 5.74) is 0.965. The number of hydrogen-bond donors (Lipinski definition) is 2. The van der Waals surface area contributed by atoms with Gasteiger partial charge in [0.25, 0.3) is 0 Å². The standard InChI is InChI=1S/C11H11FN2O2/c1-16-10-3-2-7(6-8(10)12)11(15)9-4-5-13-14-9/h2-6,11,15H,1H3,(H,13,14). The lowest BCUT2D eigenvalue weighted by atomic mass is 10.1. The fourth-order valence-corrected chi connectivity index (χ4v) is 1.45. The summed E-state index contributed by atoms with van der Waals surface area (Å²) < 4.78 is 18.2. The first kappa shape index (κ1) is 10.6. The second-order valence-electron chi connectivity index (χ2n) is 3.31. The van der Waals surface area contributed by atoms with Crippen molar-refractivity contribution in [1.29, 1.82) is 0 Å². The molecular formula is C11H11FN2O2. The zero-order valence-corrected chi connectivity index (χ0v) is 8.64. The van der Waals surface area contributed by atoms with E-state index < -0.39 is 11.9 Å². The molecule has 0 amide bonds. The van der Waals surface area contributed by atoms with E-state index >= 15 is 0 Å². The Kier molecular flexibility index (Phi) is 2.87. The fraction of sp³-hybridized carbons (Fsp3) is 0.182. The van der Waals surface area contributed by atoms with Crippen LogP contribution in [0.3, 0.4) is 0 Å². The van der Waals surface area contributed by atoms with E-state index in [0.717, 1.165) is 0 Å². The van der Waals surface area contributed by atoms with Crippen LogP contribution in [0.2, 0.25) is 0 Å². The monoisotopic (exact) mass is 222 g/mol. The van der Waals surface area contributed by atoms with Crippen LogP contribution in [-0.2, 0) is 0 Å². The van der Waals surface area contributed by atoms with Crippen LogP contribution in [0.1, 0.15) is 17.4 Å². The number of H-pyrrole nitrogens is 1. The zero-order valence-electron chi connectivity index (χ0n) is 8.64. The molecule has 0 aliphatic heterocycles. The van der Waals surface area contributed by atoms with Gasteiger partial charge in [-0.3, -0.25) is 5.10 Å². The van der Waals surface area contributed by atoms with Crippen molar-refractivity contribution in [3.05, 3.63) is 47.5 Å². The van der Waals surface area contributed by atoms with Crippen molar-refractivity contribution < 1.29 is 14.2 Å². The molecule has 2 rings (SSSR count). The van der Waals surface area contributed by atoms with Crippen molar-refractivity contribution in [3.8, 4) is 5.75 Å². The zero-order chi connectivity index (χ0) is 11.5. The molecular weight excluding hydrogens is 211 g/mol. The average molecular weight is 222 g/mol. The number of aromatic nitrogens is 2. The maximum absolute atomic E-state index is 13.4. The smallest absolute Gasteiger partial charge is 0.165 e. The van der Waals surface area contributed by atoms with Crippen LogP contribution in [0.15, 0.2) is 30.5 Å². The first-order chi connectivity index (χ1) is 7.72. The molecule has 0 radical (unpaired) electrons. The number of aliphatic hydroxyl groups excluding tert-OH is 1. The Balaban J connectivity index is 2.31. The van der Waals surface area contributed by atoms with E-state index in [2.05, 4.69) is 10.2 Å². The largest absolute Gasteiger partial charge is 0.494 e. The van der Waals surface area contributed by atoms with Crippen molar-refractivity contribution in [3.63, 3.8) is 0 Å². The Morgan fingerprint density at radius 1 is 1.44 bits per heavy atom. The highest BCUT2D eigenvalue weighted by Gasteiger charge is 2.13. The van der Waals surface area contributed by atoms with E-state index in [0.29, 0.717) is 11.3 Å². The molecule has 0 spiro atoms. The van der Waals surface area contributed by atoms with E-state index in [-0.39, 0.29) is 5.75 Å². The summed E-state index contributed by atoms with van der Waals surface area (Å²) in [6.45, 7) is 0. The molecule has 5 heteroatoms. The van der Waals surface area contributed by atoms with E-state index in [4.69, 9.17) is 4.74 Å². The fourth-order valence-electron chi connectivity index (χ4n) is 1.45. The SMILES string of the molecule is COc1ccc(C(O)c2ccn[nH]2)cc1F. The maximum Gasteiger partial charge on any atom is 0.165 e. The van der Waals surface area contributed by atoms with Gasteiger partial charge in [-0.1, -0.05) is 6.07 Å². The van der Waals surface area contributed by atoms with E-state index in [1.807, 2.05) is 0 Å². The van der Waals surface area contributed by atoms with Crippen LogP contribution < -0.4 is 4.74 Å². The lowest BCUT2D eigenvalue weighted by Crippen LogP contribution is -2.01. The number of hydrogen-bond acceptors (Lipinski definition) is 3. The lowest BCUT2D eigenvalue weighted by molar-refractivity contribution is 0.214. The molecule has 0 aliphatic carbocycles. The highest BCUT2D eigenvalue weighted by Crippen LogP contribution is 2.24. The third kappa shape index (κ3) is 1.90. The van der Waals surface area contributed by atoms with Gasteiger partial charge < -0.3 is 9.84 Å². The summed E-state index contributed by atoms with van der Waals surface area (Å²) >= 11 is 0. The first-order valence-corrected chi connectivity index (χ1v) is 4.73. The number of rotatable bonds is 3. The summed E-state index contributed by atoms with van der Waals surface area (Å²) in [4.78, 5) is 0. The van der Waals surface area contributed by atoms with Crippen molar-refractivity contribution in [1.82, 2.24) is 10.2 Å². The van der Waals surface area contributed by atoms with Gasteiger partial charge in [-0.05, 0) is 23.8 Å². The highest BCUT2D eigenvalue weighted by atomic mass is 19.1. The molecule has 0 saturated carbocycles. The molecule has 84 valence electrons. The molecule has 4 nitrogen and oxygen atoms in total. The summed E-state index contributed by atoms with van der Waals surface area (Å²) in [5.74, 6) is -0.348. The summed E-state index contributed by atoms with van der Waals surface area (Å²) in [6.07, 6.45) is 0.612. The van der Waals surface area contributed by atoms with Gasteiger partial charge in [-0.2, -0.15) is 5.10 Å². The Morgan fingerprint density at radius 2 is 2.25 bits per heavy atom. The number of nitrogens with one attached hydrogen (secondary N) is 1. The molecule has 16 heavy (non-hydrogen) atoms. The molecule has 0 bridgehead atoms. The van der Waals surface area contributed by atoms with E-state index in [1.165, 1.54) is 25.4 Å². The van der Waals surface area contributed by atoms with E-state index in [1.54, 1.807) is 12.1 Å². The van der Waals surface area contributed by atoms with Crippen LogP contribution >= 0.6 is 0 Å². The number of nitrogens with zero attached hydrogens (tertiary/aromatic N) is 1. The number of methoxy groups -OCH3 is 1. The van der Waals surface area contributed by atoms with Gasteiger partial charge in [0.1, 0.15) is 6.10 Å². The van der Waals surface area contributed by atoms with Gasteiger partial charge in [-0.25, -0.2) is 4.39 Å². The molecule has 0 saturated heterocycles. The van der Waals surface area contributed by atoms with Crippen molar-refractivity contribution in [2.45, 2.75) is 6.10 Å². The molecule has 0 fully saturated rings. The van der Waals surface area contributed by atoms with Crippen LogP contribution in [0.4, 0.5) is 4.39 Å². The highest BCUT2D eigenvalue weighted by molar-refractivity contribution is 5.33. The number of aromatic amines is 1. The van der Waals surface area contributed by atoms with Crippen LogP contribution in [0, 0.1) is 5.82 Å². The second kappa shape index (κ2) is 4.32. The second-order valence-corrected chi connectivity index (χ2v) is 3.31. The minimum absolute atomic E-state index is 0.153. The summed E-state index contributed by atoms with van der Waals surface area (Å²) in [5, 5.41) is 16.2. The Hall–Kier alpha value is -1.88. The van der Waals surface area contributed by atoms with Gasteiger partial charge in [-0.15, -0.1) is 0 Å². The molecule has 2 aromatic rings. The van der Waals surface area contributed by atoms with Crippen molar-refractivity contribution in [2.24, 2.45) is 0 Å². The molecule has 1 atom stereocenters. The normalized spacial score (nSPS) is 12.4. The quantitative estimate of drug-likeness (QED) is 0.830. The first-order valence-electron chi connectivity index (χ1n) is 4.73. The number of ether oxygens (including phenoxy) is 1. The summed E-state index contributed by atoms with van der Waals surface area (Å²) in [6, 6.07) is 5.95. The van der Waals surface area contributed by atoms with Gasteiger partial charge in [0.05, 0.1) is 12.8 Å². The third-order valence-corrected chi connectivity index (χ3v) is 2.31. The Labute approximate surface area is 91.7 Å². The molecule has 1 aromatic heterocycles. The topological polar surface area (TPSA) is 58.1 Å². The van der Waals surface area contributed by atoms with Gasteiger partial charge in [0.2, 0.25) is 0 Å². The number of benzene rings is 1. The number of aliphatic hydroxyl groups is 1. The Bertz CT molecular complexity index is 471. The van der Waals surface area contributed by atoms with Crippen LogP contribution in [0.25, 0.3) is 0 Å². The predicted molar refractivity (Wildman–Crippen MR) is 55.6 cm³/mol. The van der Waals surface area contributed by atoms with Crippen LogP contribution in [0.5, 0.6) is 5.75 Å². The minimum atomic E-state index is -0.914. The molecule has 2 N–H and O–H groups in total. The summed E-state index contributed by atoms with van der Waals surface area (Å²) in [7, 11) is 1.39.